The third kappa shape index (κ3) is 2.77. The monoisotopic (exact) mass is 343 g/mol. The largest absolute Gasteiger partial charge is 0.505 e. The Hall–Kier alpha value is -0.990. The van der Waals surface area contributed by atoms with Crippen LogP contribution in [0.3, 0.4) is 0 Å². The molecule has 16 heavy (non-hydrogen) atoms. The highest BCUT2D eigenvalue weighted by molar-refractivity contribution is 14.1. The van der Waals surface area contributed by atoms with Crippen molar-refractivity contribution >= 4 is 28.6 Å². The van der Waals surface area contributed by atoms with Gasteiger partial charge in [-0.25, -0.2) is 8.78 Å². The van der Waals surface area contributed by atoms with E-state index in [1.807, 2.05) is 0 Å². The van der Waals surface area contributed by atoms with E-state index in [4.69, 9.17) is 0 Å². The molecule has 0 saturated heterocycles. The molecular weight excluding hydrogens is 335 g/mol. The molecule has 0 amide bonds. The summed E-state index contributed by atoms with van der Waals surface area (Å²) in [6.07, 6.45) is -2.20. The molecule has 0 aliphatic rings. The molecule has 0 unspecified atom stereocenters. The van der Waals surface area contributed by atoms with Crippen molar-refractivity contribution in [3.8, 4) is 5.75 Å². The van der Waals surface area contributed by atoms with E-state index < -0.39 is 18.1 Å². The lowest BCUT2D eigenvalue weighted by atomic mass is 10.1. The molecule has 1 aromatic heterocycles. The van der Waals surface area contributed by atoms with Gasteiger partial charge in [0.05, 0.1) is 23.3 Å². The fourth-order valence-corrected chi connectivity index (χ4v) is 1.71. The molecular formula is C9H8F2INO3. The van der Waals surface area contributed by atoms with E-state index in [1.54, 1.807) is 22.6 Å². The molecule has 1 heterocycles. The summed E-state index contributed by atoms with van der Waals surface area (Å²) < 4.78 is 29.8. The van der Waals surface area contributed by atoms with Crippen molar-refractivity contribution in [2.75, 3.05) is 7.11 Å². The number of esters is 1. The summed E-state index contributed by atoms with van der Waals surface area (Å²) in [5.41, 5.74) is -0.505. The van der Waals surface area contributed by atoms with Crippen molar-refractivity contribution < 1.29 is 23.4 Å². The lowest BCUT2D eigenvalue weighted by molar-refractivity contribution is -0.139. The Morgan fingerprint density at radius 2 is 2.31 bits per heavy atom. The van der Waals surface area contributed by atoms with E-state index >= 15 is 0 Å². The normalized spacial score (nSPS) is 10.6. The molecule has 1 aromatic rings. The number of pyridine rings is 1. The molecule has 1 N–H and O–H groups in total. The van der Waals surface area contributed by atoms with Crippen LogP contribution in [0.2, 0.25) is 0 Å². The number of aromatic hydroxyl groups is 1. The highest BCUT2D eigenvalue weighted by Gasteiger charge is 2.21. The first kappa shape index (κ1) is 13.1. The maximum atomic E-state index is 12.6. The topological polar surface area (TPSA) is 59.4 Å². The molecule has 0 radical (unpaired) electrons. The summed E-state index contributed by atoms with van der Waals surface area (Å²) >= 11 is 1.68. The SMILES string of the molecule is COC(=O)Cc1c(C(F)F)ncc(O)c1I. The number of halogens is 3. The predicted molar refractivity (Wildman–Crippen MR) is 59.3 cm³/mol. The van der Waals surface area contributed by atoms with Gasteiger partial charge >= 0.3 is 5.97 Å². The first-order valence-corrected chi connectivity index (χ1v) is 5.26. The lowest BCUT2D eigenvalue weighted by Gasteiger charge is -2.10. The van der Waals surface area contributed by atoms with Crippen molar-refractivity contribution in [1.29, 1.82) is 0 Å². The number of hydrogen-bond acceptors (Lipinski definition) is 4. The van der Waals surface area contributed by atoms with E-state index in [0.29, 0.717) is 0 Å². The maximum absolute atomic E-state index is 12.6. The third-order valence-electron chi connectivity index (χ3n) is 1.88. The number of hydrogen-bond donors (Lipinski definition) is 1. The minimum absolute atomic E-state index is 0.00227. The number of carbonyl (C=O) groups is 1. The maximum Gasteiger partial charge on any atom is 0.310 e. The summed E-state index contributed by atoms with van der Waals surface area (Å²) in [6.45, 7) is 0. The quantitative estimate of drug-likeness (QED) is 0.674. The van der Waals surface area contributed by atoms with Crippen LogP contribution in [0.5, 0.6) is 5.75 Å². The van der Waals surface area contributed by atoms with Gasteiger partial charge in [-0.3, -0.25) is 9.78 Å². The van der Waals surface area contributed by atoms with E-state index in [0.717, 1.165) is 13.3 Å². The van der Waals surface area contributed by atoms with Crippen LogP contribution < -0.4 is 0 Å². The summed E-state index contributed by atoms with van der Waals surface area (Å²) in [5.74, 6) is -0.892. The number of aromatic nitrogens is 1. The molecule has 0 bridgehead atoms. The van der Waals surface area contributed by atoms with Crippen LogP contribution in [-0.2, 0) is 16.0 Å². The fraction of sp³-hybridized carbons (Fsp3) is 0.333. The Bertz CT molecular complexity index is 412. The average Bonchev–Trinajstić information content (AvgIpc) is 2.24. The van der Waals surface area contributed by atoms with Gasteiger partial charge in [0.1, 0.15) is 11.4 Å². The van der Waals surface area contributed by atoms with Crippen molar-refractivity contribution in [2.45, 2.75) is 12.8 Å². The van der Waals surface area contributed by atoms with E-state index in [-0.39, 0.29) is 21.3 Å². The van der Waals surface area contributed by atoms with Crippen LogP contribution in [0.4, 0.5) is 8.78 Å². The van der Waals surface area contributed by atoms with Gasteiger partial charge in [-0.15, -0.1) is 0 Å². The van der Waals surface area contributed by atoms with Crippen LogP contribution in [0.1, 0.15) is 17.7 Å². The molecule has 4 nitrogen and oxygen atoms in total. The molecule has 0 fully saturated rings. The molecule has 0 aliphatic heterocycles. The molecule has 7 heteroatoms. The van der Waals surface area contributed by atoms with Gasteiger partial charge in [-0.2, -0.15) is 0 Å². The molecule has 88 valence electrons. The number of alkyl halides is 2. The minimum atomic E-state index is -2.80. The molecule has 0 atom stereocenters. The average molecular weight is 343 g/mol. The summed E-state index contributed by atoms with van der Waals surface area (Å²) in [6, 6.07) is 0. The van der Waals surface area contributed by atoms with E-state index in [9.17, 15) is 18.7 Å². The Labute approximate surface area is 104 Å². The summed E-state index contributed by atoms with van der Waals surface area (Å²) in [7, 11) is 1.16. The first-order chi connectivity index (χ1) is 7.47. The number of ether oxygens (including phenoxy) is 1. The first-order valence-electron chi connectivity index (χ1n) is 4.18. The van der Waals surface area contributed by atoms with Crippen molar-refractivity contribution in [2.24, 2.45) is 0 Å². The van der Waals surface area contributed by atoms with Crippen LogP contribution >= 0.6 is 22.6 Å². The molecule has 0 saturated carbocycles. The van der Waals surface area contributed by atoms with Gasteiger partial charge in [-0.1, -0.05) is 0 Å². The van der Waals surface area contributed by atoms with Crippen molar-refractivity contribution in [3.63, 3.8) is 0 Å². The highest BCUT2D eigenvalue weighted by Crippen LogP contribution is 2.30. The fourth-order valence-electron chi connectivity index (χ4n) is 1.11. The lowest BCUT2D eigenvalue weighted by Crippen LogP contribution is -2.10. The van der Waals surface area contributed by atoms with Gasteiger partial charge in [0.2, 0.25) is 0 Å². The number of carbonyl (C=O) groups excluding carboxylic acids is 1. The van der Waals surface area contributed by atoms with Gasteiger partial charge in [-0.05, 0) is 22.6 Å². The van der Waals surface area contributed by atoms with Gasteiger partial charge in [0.15, 0.2) is 0 Å². The predicted octanol–water partition coefficient (Wildman–Crippen LogP) is 2.04. The zero-order valence-corrected chi connectivity index (χ0v) is 10.4. The summed E-state index contributed by atoms with van der Waals surface area (Å²) in [4.78, 5) is 14.5. The van der Waals surface area contributed by atoms with E-state index in [1.165, 1.54) is 0 Å². The Kier molecular flexibility index (Phi) is 4.39. The number of nitrogens with zero attached hydrogens (tertiary/aromatic N) is 1. The van der Waals surface area contributed by atoms with Crippen LogP contribution in [0, 0.1) is 3.57 Å². The molecule has 0 aliphatic carbocycles. The standard InChI is InChI=1S/C9H8F2INO3/c1-16-6(15)2-4-7(12)5(14)3-13-8(4)9(10)11/h3,9,14H,2H2,1H3. The van der Waals surface area contributed by atoms with Crippen molar-refractivity contribution in [3.05, 3.63) is 21.0 Å². The Morgan fingerprint density at radius 3 is 2.81 bits per heavy atom. The van der Waals surface area contributed by atoms with Gasteiger partial charge in [0, 0.05) is 5.56 Å². The zero-order valence-electron chi connectivity index (χ0n) is 8.21. The highest BCUT2D eigenvalue weighted by atomic mass is 127. The second-order valence-corrected chi connectivity index (χ2v) is 3.95. The van der Waals surface area contributed by atoms with Gasteiger partial charge < -0.3 is 9.84 Å². The number of methoxy groups -OCH3 is 1. The van der Waals surface area contributed by atoms with Crippen LogP contribution in [0.25, 0.3) is 0 Å². The van der Waals surface area contributed by atoms with Crippen LogP contribution in [-0.4, -0.2) is 23.2 Å². The third-order valence-corrected chi connectivity index (χ3v) is 3.08. The minimum Gasteiger partial charge on any atom is -0.505 e. The van der Waals surface area contributed by atoms with Crippen LogP contribution in [0.15, 0.2) is 6.20 Å². The Balaban J connectivity index is 3.20. The molecule has 0 spiro atoms. The van der Waals surface area contributed by atoms with Gasteiger partial charge in [0.25, 0.3) is 6.43 Å². The summed E-state index contributed by atoms with van der Waals surface area (Å²) in [5, 5.41) is 9.32. The molecule has 0 aromatic carbocycles. The number of rotatable bonds is 3. The Morgan fingerprint density at radius 1 is 1.69 bits per heavy atom. The zero-order chi connectivity index (χ0) is 12.3. The molecule has 1 rings (SSSR count). The second-order valence-electron chi connectivity index (χ2n) is 2.87. The second kappa shape index (κ2) is 5.37. The van der Waals surface area contributed by atoms with E-state index in [2.05, 4.69) is 9.72 Å². The van der Waals surface area contributed by atoms with Crippen molar-refractivity contribution in [1.82, 2.24) is 4.98 Å². The smallest absolute Gasteiger partial charge is 0.310 e.